The van der Waals surface area contributed by atoms with Gasteiger partial charge in [0.25, 0.3) is 0 Å². The van der Waals surface area contributed by atoms with Crippen LogP contribution in [-0.2, 0) is 13.0 Å². The van der Waals surface area contributed by atoms with Gasteiger partial charge in [0.05, 0.1) is 0 Å². The van der Waals surface area contributed by atoms with Gasteiger partial charge in [-0.3, -0.25) is 0 Å². The first-order valence-corrected chi connectivity index (χ1v) is 6.10. The van der Waals surface area contributed by atoms with Gasteiger partial charge in [0.1, 0.15) is 12.4 Å². The summed E-state index contributed by atoms with van der Waals surface area (Å²) in [4.78, 5) is 0. The second kappa shape index (κ2) is 3.95. The molecule has 0 saturated carbocycles. The maximum atomic E-state index is 5.83. The molecule has 1 aliphatic heterocycles. The Kier molecular flexibility index (Phi) is 2.44. The SMILES string of the molecule is Brc1ccc2c(c1)OCc1ccccc1C2. The maximum Gasteiger partial charge on any atom is 0.124 e. The van der Waals surface area contributed by atoms with Crippen LogP contribution in [0.25, 0.3) is 0 Å². The number of fused-ring (bicyclic) bond motifs is 2. The zero-order valence-electron chi connectivity index (χ0n) is 8.74. The highest BCUT2D eigenvalue weighted by molar-refractivity contribution is 9.10. The quantitative estimate of drug-likeness (QED) is 0.707. The summed E-state index contributed by atoms with van der Waals surface area (Å²) in [6.45, 7) is 0.666. The monoisotopic (exact) mass is 274 g/mol. The Morgan fingerprint density at radius 2 is 1.75 bits per heavy atom. The standard InChI is InChI=1S/C14H11BrO/c15-13-6-5-11-7-10-3-1-2-4-12(10)9-16-14(11)8-13/h1-6,8H,7,9H2. The number of rotatable bonds is 0. The van der Waals surface area contributed by atoms with E-state index in [9.17, 15) is 0 Å². The number of ether oxygens (including phenoxy) is 1. The van der Waals surface area contributed by atoms with E-state index in [1.165, 1.54) is 16.7 Å². The first-order chi connectivity index (χ1) is 7.83. The van der Waals surface area contributed by atoms with Crippen LogP contribution in [0.1, 0.15) is 16.7 Å². The molecule has 0 N–H and O–H groups in total. The Labute approximate surface area is 103 Å². The molecular formula is C14H11BrO. The van der Waals surface area contributed by atoms with Gasteiger partial charge in [-0.2, -0.15) is 0 Å². The van der Waals surface area contributed by atoms with Crippen molar-refractivity contribution in [3.8, 4) is 5.75 Å². The minimum Gasteiger partial charge on any atom is -0.489 e. The fourth-order valence-electron chi connectivity index (χ4n) is 2.04. The molecule has 0 amide bonds. The second-order valence-corrected chi connectivity index (χ2v) is 4.90. The van der Waals surface area contributed by atoms with E-state index in [1.807, 2.05) is 6.07 Å². The van der Waals surface area contributed by atoms with Crippen LogP contribution in [0.5, 0.6) is 5.75 Å². The molecule has 0 unspecified atom stereocenters. The lowest BCUT2D eigenvalue weighted by Gasteiger charge is -2.06. The first-order valence-electron chi connectivity index (χ1n) is 5.31. The van der Waals surface area contributed by atoms with E-state index in [4.69, 9.17) is 4.74 Å². The lowest BCUT2D eigenvalue weighted by atomic mass is 10.0. The largest absolute Gasteiger partial charge is 0.489 e. The molecule has 2 heteroatoms. The highest BCUT2D eigenvalue weighted by Crippen LogP contribution is 2.30. The molecule has 2 aromatic carbocycles. The van der Waals surface area contributed by atoms with Crippen molar-refractivity contribution in [1.29, 1.82) is 0 Å². The topological polar surface area (TPSA) is 9.23 Å². The molecule has 0 aromatic heterocycles. The van der Waals surface area contributed by atoms with Gasteiger partial charge in [0, 0.05) is 10.9 Å². The number of halogens is 1. The van der Waals surface area contributed by atoms with Crippen molar-refractivity contribution < 1.29 is 4.74 Å². The van der Waals surface area contributed by atoms with Crippen LogP contribution in [0.2, 0.25) is 0 Å². The van der Waals surface area contributed by atoms with Crippen LogP contribution in [0.15, 0.2) is 46.9 Å². The summed E-state index contributed by atoms with van der Waals surface area (Å²) in [6, 6.07) is 14.7. The molecule has 0 radical (unpaired) electrons. The molecule has 3 rings (SSSR count). The Morgan fingerprint density at radius 1 is 0.938 bits per heavy atom. The van der Waals surface area contributed by atoms with E-state index in [0.29, 0.717) is 6.61 Å². The third kappa shape index (κ3) is 1.74. The van der Waals surface area contributed by atoms with Crippen molar-refractivity contribution in [1.82, 2.24) is 0 Å². The molecule has 0 fully saturated rings. The van der Waals surface area contributed by atoms with E-state index < -0.39 is 0 Å². The molecule has 1 aliphatic rings. The lowest BCUT2D eigenvalue weighted by molar-refractivity contribution is 0.307. The van der Waals surface area contributed by atoms with Crippen molar-refractivity contribution in [3.63, 3.8) is 0 Å². The summed E-state index contributed by atoms with van der Waals surface area (Å²) in [7, 11) is 0. The van der Waals surface area contributed by atoms with Gasteiger partial charge in [-0.25, -0.2) is 0 Å². The van der Waals surface area contributed by atoms with Crippen LogP contribution in [0.3, 0.4) is 0 Å². The highest BCUT2D eigenvalue weighted by Gasteiger charge is 2.13. The zero-order chi connectivity index (χ0) is 11.0. The van der Waals surface area contributed by atoms with Gasteiger partial charge in [-0.1, -0.05) is 46.3 Å². The summed E-state index contributed by atoms with van der Waals surface area (Å²) in [5.41, 5.74) is 3.91. The van der Waals surface area contributed by atoms with E-state index >= 15 is 0 Å². The van der Waals surface area contributed by atoms with E-state index in [2.05, 4.69) is 52.3 Å². The van der Waals surface area contributed by atoms with Gasteiger partial charge in [0.2, 0.25) is 0 Å². The van der Waals surface area contributed by atoms with Crippen molar-refractivity contribution in [2.45, 2.75) is 13.0 Å². The highest BCUT2D eigenvalue weighted by atomic mass is 79.9. The predicted octanol–water partition coefficient (Wildman–Crippen LogP) is 3.93. The fourth-order valence-corrected chi connectivity index (χ4v) is 2.38. The van der Waals surface area contributed by atoms with Gasteiger partial charge in [-0.15, -0.1) is 0 Å². The number of hydrogen-bond acceptors (Lipinski definition) is 1. The average molecular weight is 275 g/mol. The smallest absolute Gasteiger partial charge is 0.124 e. The van der Waals surface area contributed by atoms with E-state index in [1.54, 1.807) is 0 Å². The maximum absolute atomic E-state index is 5.83. The molecule has 0 spiro atoms. The Bertz CT molecular complexity index is 534. The Morgan fingerprint density at radius 3 is 2.62 bits per heavy atom. The third-order valence-corrected chi connectivity index (χ3v) is 3.40. The summed E-state index contributed by atoms with van der Waals surface area (Å²) in [5, 5.41) is 0. The summed E-state index contributed by atoms with van der Waals surface area (Å²) in [6.07, 6.45) is 0.957. The van der Waals surface area contributed by atoms with Crippen molar-refractivity contribution in [2.75, 3.05) is 0 Å². The first kappa shape index (κ1) is 9.91. The zero-order valence-corrected chi connectivity index (χ0v) is 10.3. The van der Waals surface area contributed by atoms with E-state index in [0.717, 1.165) is 16.6 Å². The minimum absolute atomic E-state index is 0.666. The number of hydrogen-bond donors (Lipinski definition) is 0. The van der Waals surface area contributed by atoms with Gasteiger partial charge >= 0.3 is 0 Å². The van der Waals surface area contributed by atoms with Gasteiger partial charge < -0.3 is 4.74 Å². The predicted molar refractivity (Wildman–Crippen MR) is 67.7 cm³/mol. The van der Waals surface area contributed by atoms with Crippen molar-refractivity contribution in [3.05, 3.63) is 63.6 Å². The third-order valence-electron chi connectivity index (χ3n) is 2.91. The normalized spacial score (nSPS) is 13.3. The van der Waals surface area contributed by atoms with Crippen molar-refractivity contribution in [2.24, 2.45) is 0 Å². The van der Waals surface area contributed by atoms with Crippen molar-refractivity contribution >= 4 is 15.9 Å². The van der Waals surface area contributed by atoms with Gasteiger partial charge in [-0.05, 0) is 28.8 Å². The molecular weight excluding hydrogens is 264 g/mol. The van der Waals surface area contributed by atoms with Crippen LogP contribution < -0.4 is 4.74 Å². The molecule has 0 aliphatic carbocycles. The van der Waals surface area contributed by atoms with Crippen LogP contribution in [-0.4, -0.2) is 0 Å². The van der Waals surface area contributed by atoms with Crippen LogP contribution in [0, 0.1) is 0 Å². The Balaban J connectivity index is 2.08. The van der Waals surface area contributed by atoms with Crippen LogP contribution in [0.4, 0.5) is 0 Å². The molecule has 1 heterocycles. The van der Waals surface area contributed by atoms with Crippen LogP contribution >= 0.6 is 15.9 Å². The number of benzene rings is 2. The molecule has 0 saturated heterocycles. The molecule has 80 valence electrons. The molecule has 16 heavy (non-hydrogen) atoms. The summed E-state index contributed by atoms with van der Waals surface area (Å²) >= 11 is 3.47. The second-order valence-electron chi connectivity index (χ2n) is 3.99. The molecule has 0 atom stereocenters. The van der Waals surface area contributed by atoms with E-state index in [-0.39, 0.29) is 0 Å². The molecule has 1 nitrogen and oxygen atoms in total. The summed E-state index contributed by atoms with van der Waals surface area (Å²) in [5.74, 6) is 0.991. The Hall–Kier alpha value is -1.28. The van der Waals surface area contributed by atoms with Gasteiger partial charge in [0.15, 0.2) is 0 Å². The molecule has 2 aromatic rings. The minimum atomic E-state index is 0.666. The molecule has 0 bridgehead atoms. The fraction of sp³-hybridized carbons (Fsp3) is 0.143. The lowest BCUT2D eigenvalue weighted by Crippen LogP contribution is -1.94. The average Bonchev–Trinajstić information content (AvgIpc) is 2.48. The summed E-state index contributed by atoms with van der Waals surface area (Å²) < 4.78 is 6.89.